The van der Waals surface area contributed by atoms with E-state index in [0.717, 1.165) is 23.3 Å². The highest BCUT2D eigenvalue weighted by Crippen LogP contribution is 2.44. The van der Waals surface area contributed by atoms with E-state index in [1.54, 1.807) is 12.2 Å². The number of carbonyl (C=O) groups is 1. The molecule has 0 fully saturated rings. The van der Waals surface area contributed by atoms with Crippen LogP contribution in [0.15, 0.2) is 66.7 Å². The predicted octanol–water partition coefficient (Wildman–Crippen LogP) is 5.61. The van der Waals surface area contributed by atoms with Gasteiger partial charge in [0.25, 0.3) is 0 Å². The Kier molecular flexibility index (Phi) is 5.98. The number of rotatable bonds is 6. The van der Waals surface area contributed by atoms with E-state index >= 15 is 0 Å². The molecule has 0 spiro atoms. The Bertz CT molecular complexity index is 1070. The first kappa shape index (κ1) is 20.6. The van der Waals surface area contributed by atoms with Crippen LogP contribution in [0.5, 0.6) is 5.75 Å². The molecular formula is C25H21F2NO3. The molecule has 1 aliphatic carbocycles. The van der Waals surface area contributed by atoms with E-state index in [9.17, 15) is 18.7 Å². The van der Waals surface area contributed by atoms with Crippen LogP contribution in [0.25, 0.3) is 17.2 Å². The molecule has 0 radical (unpaired) electrons. The molecule has 0 bridgehead atoms. The number of benzene rings is 3. The number of hydrogen-bond acceptors (Lipinski definition) is 3. The third kappa shape index (κ3) is 4.43. The fraction of sp³-hybridized carbons (Fsp3) is 0.160. The summed E-state index contributed by atoms with van der Waals surface area (Å²) in [4.78, 5) is 12.1. The Morgan fingerprint density at radius 3 is 2.32 bits per heavy atom. The van der Waals surface area contributed by atoms with E-state index in [0.29, 0.717) is 18.5 Å². The topological polar surface area (TPSA) is 58.6 Å². The standard InChI is InChI=1S/C25H21F2NO3/c26-22-13-16(14-23(29)24(22)27)7-5-6-12-28-25(30)31-15-21-19-10-3-1-8-17(19)18-9-2-4-11-20(18)21/h1-5,7-11,13-14,21,29H,6,12,15H2,(H,28,30). The van der Waals surface area contributed by atoms with Gasteiger partial charge in [-0.1, -0.05) is 60.7 Å². The van der Waals surface area contributed by atoms with E-state index in [1.807, 2.05) is 24.3 Å². The van der Waals surface area contributed by atoms with Crippen molar-refractivity contribution in [1.82, 2.24) is 5.32 Å². The fourth-order valence-electron chi connectivity index (χ4n) is 3.82. The van der Waals surface area contributed by atoms with Gasteiger partial charge in [-0.05, 0) is 46.4 Å². The fourth-order valence-corrected chi connectivity index (χ4v) is 3.82. The summed E-state index contributed by atoms with van der Waals surface area (Å²) in [6.07, 6.45) is 3.18. The summed E-state index contributed by atoms with van der Waals surface area (Å²) in [6, 6.07) is 18.4. The average molecular weight is 421 g/mol. The number of carbonyl (C=O) groups excluding carboxylic acids is 1. The van der Waals surface area contributed by atoms with Crippen LogP contribution in [0.2, 0.25) is 0 Å². The zero-order chi connectivity index (χ0) is 21.8. The van der Waals surface area contributed by atoms with E-state index < -0.39 is 23.5 Å². The first-order chi connectivity index (χ1) is 15.0. The van der Waals surface area contributed by atoms with Gasteiger partial charge in [0.1, 0.15) is 6.61 Å². The van der Waals surface area contributed by atoms with Gasteiger partial charge in [0.15, 0.2) is 17.4 Å². The molecule has 4 rings (SSSR count). The second kappa shape index (κ2) is 9.00. The second-order valence-electron chi connectivity index (χ2n) is 7.28. The molecule has 0 aromatic heterocycles. The molecule has 1 amide bonds. The molecule has 3 aromatic rings. The van der Waals surface area contributed by atoms with Gasteiger partial charge in [0.05, 0.1) is 0 Å². The number of nitrogens with one attached hydrogen (secondary N) is 1. The van der Waals surface area contributed by atoms with E-state index in [-0.39, 0.29) is 12.5 Å². The molecule has 2 N–H and O–H groups in total. The maximum absolute atomic E-state index is 13.3. The number of amides is 1. The molecule has 1 aliphatic rings. The summed E-state index contributed by atoms with van der Waals surface area (Å²) in [7, 11) is 0. The molecular weight excluding hydrogens is 400 g/mol. The van der Waals surface area contributed by atoms with Gasteiger partial charge in [-0.15, -0.1) is 0 Å². The van der Waals surface area contributed by atoms with Crippen molar-refractivity contribution in [2.75, 3.05) is 13.2 Å². The minimum atomic E-state index is -1.27. The van der Waals surface area contributed by atoms with E-state index in [4.69, 9.17) is 4.74 Å². The lowest BCUT2D eigenvalue weighted by Gasteiger charge is -2.14. The van der Waals surface area contributed by atoms with Gasteiger partial charge < -0.3 is 15.2 Å². The minimum absolute atomic E-state index is 0.000837. The van der Waals surface area contributed by atoms with Crippen LogP contribution in [-0.2, 0) is 4.74 Å². The van der Waals surface area contributed by atoms with Crippen LogP contribution >= 0.6 is 0 Å². The Morgan fingerprint density at radius 1 is 1.03 bits per heavy atom. The van der Waals surface area contributed by atoms with Gasteiger partial charge in [-0.2, -0.15) is 4.39 Å². The summed E-state index contributed by atoms with van der Waals surface area (Å²) in [5, 5.41) is 12.0. The molecule has 0 heterocycles. The third-order valence-electron chi connectivity index (χ3n) is 5.27. The van der Waals surface area contributed by atoms with Crippen molar-refractivity contribution in [3.05, 3.63) is 95.1 Å². The highest BCUT2D eigenvalue weighted by molar-refractivity contribution is 5.79. The van der Waals surface area contributed by atoms with Crippen LogP contribution in [0.1, 0.15) is 29.0 Å². The zero-order valence-electron chi connectivity index (χ0n) is 16.6. The van der Waals surface area contributed by atoms with Crippen molar-refractivity contribution < 1.29 is 23.4 Å². The maximum atomic E-state index is 13.3. The SMILES string of the molecule is O=C(NCCC=Cc1cc(O)c(F)c(F)c1)OCC1c2ccccc2-c2ccccc21. The van der Waals surface area contributed by atoms with Gasteiger partial charge >= 0.3 is 6.09 Å². The third-order valence-corrected chi connectivity index (χ3v) is 5.27. The van der Waals surface area contributed by atoms with Crippen LogP contribution < -0.4 is 5.32 Å². The lowest BCUT2D eigenvalue weighted by molar-refractivity contribution is 0.143. The Morgan fingerprint density at radius 2 is 1.68 bits per heavy atom. The average Bonchev–Trinajstić information content (AvgIpc) is 3.09. The Balaban J connectivity index is 1.28. The first-order valence-corrected chi connectivity index (χ1v) is 9.98. The van der Waals surface area contributed by atoms with Gasteiger partial charge in [-0.3, -0.25) is 0 Å². The lowest BCUT2D eigenvalue weighted by Crippen LogP contribution is -2.26. The molecule has 0 atom stereocenters. The molecule has 3 aromatic carbocycles. The Labute approximate surface area is 178 Å². The quantitative estimate of drug-likeness (QED) is 0.509. The summed E-state index contributed by atoms with van der Waals surface area (Å²) >= 11 is 0. The number of aromatic hydroxyl groups is 1. The number of alkyl carbamates (subject to hydrolysis) is 1. The number of hydrogen-bond donors (Lipinski definition) is 2. The molecule has 31 heavy (non-hydrogen) atoms. The van der Waals surface area contributed by atoms with E-state index in [2.05, 4.69) is 29.6 Å². The molecule has 158 valence electrons. The Hall–Kier alpha value is -3.67. The number of halogens is 2. The summed E-state index contributed by atoms with van der Waals surface area (Å²) in [5.74, 6) is -3.12. The summed E-state index contributed by atoms with van der Waals surface area (Å²) in [5.41, 5.74) is 4.96. The monoisotopic (exact) mass is 421 g/mol. The van der Waals surface area contributed by atoms with Gasteiger partial charge in [-0.25, -0.2) is 9.18 Å². The molecule has 0 saturated carbocycles. The van der Waals surface area contributed by atoms with Crippen molar-refractivity contribution in [3.8, 4) is 16.9 Å². The number of phenols is 1. The summed E-state index contributed by atoms with van der Waals surface area (Å²) < 4.78 is 31.8. The first-order valence-electron chi connectivity index (χ1n) is 9.98. The highest BCUT2D eigenvalue weighted by atomic mass is 19.2. The molecule has 0 unspecified atom stereocenters. The zero-order valence-corrected chi connectivity index (χ0v) is 16.6. The van der Waals surface area contributed by atoms with E-state index in [1.165, 1.54) is 11.1 Å². The molecule has 0 aliphatic heterocycles. The molecule has 0 saturated heterocycles. The number of phenolic OH excluding ortho intramolecular Hbond substituents is 1. The lowest BCUT2D eigenvalue weighted by atomic mass is 9.98. The van der Waals surface area contributed by atoms with Crippen molar-refractivity contribution in [1.29, 1.82) is 0 Å². The second-order valence-corrected chi connectivity index (χ2v) is 7.28. The smallest absolute Gasteiger partial charge is 0.407 e. The van der Waals surface area contributed by atoms with Crippen LogP contribution in [0.4, 0.5) is 13.6 Å². The minimum Gasteiger partial charge on any atom is -0.505 e. The molecule has 6 heteroatoms. The number of fused-ring (bicyclic) bond motifs is 3. The van der Waals surface area contributed by atoms with Crippen LogP contribution in [0, 0.1) is 11.6 Å². The normalized spacial score (nSPS) is 12.6. The van der Waals surface area contributed by atoms with Crippen LogP contribution in [-0.4, -0.2) is 24.4 Å². The highest BCUT2D eigenvalue weighted by Gasteiger charge is 2.28. The molecule has 4 nitrogen and oxygen atoms in total. The van der Waals surface area contributed by atoms with Gasteiger partial charge in [0.2, 0.25) is 0 Å². The largest absolute Gasteiger partial charge is 0.505 e. The van der Waals surface area contributed by atoms with Crippen molar-refractivity contribution in [3.63, 3.8) is 0 Å². The van der Waals surface area contributed by atoms with Gasteiger partial charge in [0, 0.05) is 12.5 Å². The van der Waals surface area contributed by atoms with Crippen LogP contribution in [0.3, 0.4) is 0 Å². The predicted molar refractivity (Wildman–Crippen MR) is 115 cm³/mol. The van der Waals surface area contributed by atoms with Crippen molar-refractivity contribution >= 4 is 12.2 Å². The number of ether oxygens (including phenoxy) is 1. The maximum Gasteiger partial charge on any atom is 0.407 e. The van der Waals surface area contributed by atoms with Crippen molar-refractivity contribution in [2.45, 2.75) is 12.3 Å². The van der Waals surface area contributed by atoms with Crippen molar-refractivity contribution in [2.24, 2.45) is 0 Å². The summed E-state index contributed by atoms with van der Waals surface area (Å²) in [6.45, 7) is 0.562.